The summed E-state index contributed by atoms with van der Waals surface area (Å²) in [6.07, 6.45) is 2.97. The van der Waals surface area contributed by atoms with Crippen molar-refractivity contribution in [2.24, 2.45) is 0 Å². The molecule has 0 unspecified atom stereocenters. The molecule has 0 saturated carbocycles. The largest absolute Gasteiger partial charge is 0.399 e. The van der Waals surface area contributed by atoms with Crippen LogP contribution in [0.1, 0.15) is 15.9 Å². The van der Waals surface area contributed by atoms with Crippen LogP contribution in [0.15, 0.2) is 104 Å². The smallest absolute Gasteiger partial charge is 0.255 e. The minimum absolute atomic E-state index is 0.201. The van der Waals surface area contributed by atoms with Crippen molar-refractivity contribution >= 4 is 68.1 Å². The highest BCUT2D eigenvalue weighted by atomic mass is 35.5. The predicted octanol–water partition coefficient (Wildman–Crippen LogP) is 6.31. The summed E-state index contributed by atoms with van der Waals surface area (Å²) in [6.45, 7) is 3.85. The first-order valence-corrected chi connectivity index (χ1v) is 17.5. The van der Waals surface area contributed by atoms with Crippen molar-refractivity contribution in [2.75, 3.05) is 55.8 Å². The molecule has 14 heteroatoms. The monoisotopic (exact) mass is 726 g/mol. The summed E-state index contributed by atoms with van der Waals surface area (Å²) in [5.74, 6) is 0.813. The van der Waals surface area contributed by atoms with Crippen molar-refractivity contribution in [3.63, 3.8) is 0 Å². The van der Waals surface area contributed by atoms with Gasteiger partial charge in [0.1, 0.15) is 30.0 Å². The molecule has 4 aromatic carbocycles. The van der Waals surface area contributed by atoms with Crippen LogP contribution in [0.2, 0.25) is 5.02 Å². The highest BCUT2D eigenvalue weighted by Gasteiger charge is 2.18. The lowest BCUT2D eigenvalue weighted by Gasteiger charge is -2.22. The molecule has 1 amide bonds. The molecule has 7 rings (SSSR count). The van der Waals surface area contributed by atoms with Gasteiger partial charge in [0.15, 0.2) is 5.65 Å². The van der Waals surface area contributed by atoms with Crippen LogP contribution in [0.5, 0.6) is 0 Å². The number of fused-ring (bicyclic) bond motifs is 2. The van der Waals surface area contributed by atoms with E-state index >= 15 is 0 Å². The number of benzene rings is 4. The first-order chi connectivity index (χ1) is 25.7. The van der Waals surface area contributed by atoms with E-state index in [1.165, 1.54) is 12.7 Å². The maximum Gasteiger partial charge on any atom is 0.255 e. The number of nitrogens with two attached hydrogens (primary N) is 2. The lowest BCUT2D eigenvalue weighted by Crippen LogP contribution is -2.32. The van der Waals surface area contributed by atoms with Crippen LogP contribution in [-0.4, -0.2) is 79.2 Å². The van der Waals surface area contributed by atoms with Crippen molar-refractivity contribution in [3.05, 3.63) is 120 Å². The molecule has 0 radical (unpaired) electrons. The Labute approximate surface area is 311 Å². The number of rotatable bonds is 13. The Balaban J connectivity index is 0.917. The number of hydrogen-bond acceptors (Lipinski definition) is 11. The number of nitrogens with one attached hydrogen (secondary N) is 2. The predicted molar refractivity (Wildman–Crippen MR) is 212 cm³/mol. The number of anilines is 5. The van der Waals surface area contributed by atoms with Gasteiger partial charge in [0.25, 0.3) is 5.91 Å². The third kappa shape index (κ3) is 8.33. The van der Waals surface area contributed by atoms with E-state index < -0.39 is 0 Å². The van der Waals surface area contributed by atoms with Gasteiger partial charge >= 0.3 is 0 Å². The molecule has 3 heterocycles. The summed E-state index contributed by atoms with van der Waals surface area (Å²) in [5.41, 5.74) is 19.1. The third-order valence-electron chi connectivity index (χ3n) is 8.94. The Hall–Kier alpha value is -6.15. The maximum atomic E-state index is 13.2. The maximum absolute atomic E-state index is 13.2. The van der Waals surface area contributed by atoms with E-state index in [1.54, 1.807) is 0 Å². The summed E-state index contributed by atoms with van der Waals surface area (Å²) in [6, 6.07) is 28.2. The van der Waals surface area contributed by atoms with Crippen molar-refractivity contribution in [1.29, 1.82) is 0 Å². The summed E-state index contributed by atoms with van der Waals surface area (Å²) in [5, 5.41) is 13.3. The lowest BCUT2D eigenvalue weighted by molar-refractivity contribution is 0.102. The number of aromatic nitrogens is 6. The van der Waals surface area contributed by atoms with Crippen LogP contribution in [0.4, 0.5) is 28.7 Å². The molecule has 0 fully saturated rings. The highest BCUT2D eigenvalue weighted by molar-refractivity contribution is 6.30. The zero-order valence-electron chi connectivity index (χ0n) is 29.4. The zero-order valence-corrected chi connectivity index (χ0v) is 30.1. The molecular weight excluding hydrogens is 688 g/mol. The Kier molecular flexibility index (Phi) is 10.4. The fourth-order valence-electron chi connectivity index (χ4n) is 6.06. The van der Waals surface area contributed by atoms with Crippen LogP contribution < -0.4 is 22.1 Å². The van der Waals surface area contributed by atoms with Crippen molar-refractivity contribution < 1.29 is 4.79 Å². The molecule has 0 aliphatic rings. The Morgan fingerprint density at radius 3 is 2.38 bits per heavy atom. The zero-order chi connectivity index (χ0) is 36.9. The van der Waals surface area contributed by atoms with Crippen molar-refractivity contribution in [2.45, 2.75) is 13.1 Å². The van der Waals surface area contributed by atoms with Gasteiger partial charge in [-0.05, 0) is 80.3 Å². The number of carbonyl (C=O) groups excluding carboxylic acids is 1. The first-order valence-electron chi connectivity index (χ1n) is 17.1. The second-order valence-electron chi connectivity index (χ2n) is 12.9. The van der Waals surface area contributed by atoms with E-state index in [0.717, 1.165) is 65.0 Å². The third-order valence-corrected chi connectivity index (χ3v) is 9.20. The molecule has 268 valence electrons. The number of nitrogens with zero attached hydrogens (tertiary/aromatic N) is 8. The molecule has 7 aromatic rings. The molecule has 0 spiro atoms. The average Bonchev–Trinajstić information content (AvgIpc) is 3.53. The summed E-state index contributed by atoms with van der Waals surface area (Å²) in [7, 11) is 4.18. The van der Waals surface area contributed by atoms with Gasteiger partial charge in [-0.1, -0.05) is 41.9 Å². The number of likely N-dealkylation sites (N-methyl/N-ethyl adjacent to an activating group) is 2. The standard InChI is InChI=1S/C39H39ClN12O/c1-50(18-19-52-38-34(36(42)44-24-46-38)35(49-52)26-10-12-28(40)13-11-26)16-17-51(2)22-25-6-8-27(9-7-25)39(53)48-31-14-15-33-32(21-31)37(45-23-43-33)47-30-5-3-4-29(41)20-30/h3-15,20-21,23-24H,16-19,22,41H2,1-2H3,(H,48,53)(H2,42,44,46)(H,43,45,47). The second-order valence-corrected chi connectivity index (χ2v) is 13.4. The van der Waals surface area contributed by atoms with Gasteiger partial charge in [0.05, 0.1) is 17.4 Å². The molecule has 13 nitrogen and oxygen atoms in total. The summed E-state index contributed by atoms with van der Waals surface area (Å²) >= 11 is 6.11. The van der Waals surface area contributed by atoms with Crippen LogP contribution in [0.25, 0.3) is 33.2 Å². The molecule has 53 heavy (non-hydrogen) atoms. The lowest BCUT2D eigenvalue weighted by atomic mass is 10.1. The van der Waals surface area contributed by atoms with Gasteiger partial charge in [-0.15, -0.1) is 0 Å². The minimum atomic E-state index is -0.201. The van der Waals surface area contributed by atoms with Crippen LogP contribution >= 0.6 is 11.6 Å². The molecule has 0 aliphatic carbocycles. The fraction of sp³-hybridized carbons (Fsp3) is 0.179. The van der Waals surface area contributed by atoms with Gasteiger partial charge in [0.2, 0.25) is 0 Å². The fourth-order valence-corrected chi connectivity index (χ4v) is 6.18. The van der Waals surface area contributed by atoms with Gasteiger partial charge in [-0.3, -0.25) is 4.79 Å². The van der Waals surface area contributed by atoms with Gasteiger partial charge in [0, 0.05) is 64.8 Å². The number of nitrogen functional groups attached to an aromatic ring is 2. The van der Waals surface area contributed by atoms with E-state index in [9.17, 15) is 4.79 Å². The van der Waals surface area contributed by atoms with E-state index in [-0.39, 0.29) is 5.91 Å². The SMILES string of the molecule is CN(CCN(C)Cc1ccc(C(=O)Nc2ccc3ncnc(Nc4cccc(N)c4)c3c2)cc1)CCn1nc(-c2ccc(Cl)cc2)c2c(N)ncnc21. The topological polar surface area (TPSA) is 169 Å². The molecular formula is C39H39ClN12O. The summed E-state index contributed by atoms with van der Waals surface area (Å²) < 4.78 is 1.89. The van der Waals surface area contributed by atoms with E-state index in [4.69, 9.17) is 28.2 Å². The summed E-state index contributed by atoms with van der Waals surface area (Å²) in [4.78, 5) is 35.2. The van der Waals surface area contributed by atoms with Gasteiger partial charge < -0.3 is 31.9 Å². The molecule has 0 saturated heterocycles. The second kappa shape index (κ2) is 15.6. The van der Waals surface area contributed by atoms with Crippen LogP contribution in [0, 0.1) is 0 Å². The molecule has 3 aromatic heterocycles. The molecule has 6 N–H and O–H groups in total. The van der Waals surface area contributed by atoms with E-state index in [2.05, 4.69) is 54.5 Å². The first kappa shape index (κ1) is 35.3. The van der Waals surface area contributed by atoms with Gasteiger partial charge in [-0.2, -0.15) is 5.10 Å². The molecule has 0 bridgehead atoms. The molecule has 0 aliphatic heterocycles. The normalized spacial score (nSPS) is 11.5. The van der Waals surface area contributed by atoms with Crippen molar-refractivity contribution in [1.82, 2.24) is 39.5 Å². The van der Waals surface area contributed by atoms with Crippen LogP contribution in [0.3, 0.4) is 0 Å². The van der Waals surface area contributed by atoms with E-state index in [0.29, 0.717) is 45.8 Å². The van der Waals surface area contributed by atoms with Crippen LogP contribution in [-0.2, 0) is 13.1 Å². The average molecular weight is 727 g/mol. The Morgan fingerprint density at radius 2 is 1.58 bits per heavy atom. The van der Waals surface area contributed by atoms with E-state index in [1.807, 2.05) is 95.7 Å². The Morgan fingerprint density at radius 1 is 0.811 bits per heavy atom. The van der Waals surface area contributed by atoms with Crippen molar-refractivity contribution in [3.8, 4) is 11.3 Å². The highest BCUT2D eigenvalue weighted by Crippen LogP contribution is 2.31. The van der Waals surface area contributed by atoms with Gasteiger partial charge in [-0.25, -0.2) is 24.6 Å². The number of hydrogen-bond donors (Lipinski definition) is 4. The molecule has 0 atom stereocenters. The Bertz CT molecular complexity index is 2380. The number of carbonyl (C=O) groups is 1. The number of amides is 1. The minimum Gasteiger partial charge on any atom is -0.399 e. The quantitative estimate of drug-likeness (QED) is 0.0982. The number of halogens is 1.